The van der Waals surface area contributed by atoms with Gasteiger partial charge < -0.3 is 10.6 Å². The molecule has 2 aromatic carbocycles. The lowest BCUT2D eigenvalue weighted by atomic mass is 9.88. The van der Waals surface area contributed by atoms with Crippen molar-refractivity contribution in [3.8, 4) is 0 Å². The minimum Gasteiger partial charge on any atom is -0.332 e. The Morgan fingerprint density at radius 3 is 2.32 bits per heavy atom. The largest absolute Gasteiger partial charge is 0.332 e. The zero-order valence-electron chi connectivity index (χ0n) is 15.3. The normalized spacial score (nSPS) is 14.2. The monoisotopic (exact) mass is 415 g/mol. The Balaban J connectivity index is 1.57. The first-order chi connectivity index (χ1) is 13.5. The lowest BCUT2D eigenvalue weighted by Gasteiger charge is -2.21. The van der Waals surface area contributed by atoms with Crippen LogP contribution in [-0.2, 0) is 4.79 Å². The van der Waals surface area contributed by atoms with Crippen molar-refractivity contribution in [1.29, 1.82) is 0 Å². The van der Waals surface area contributed by atoms with E-state index in [1.807, 2.05) is 18.2 Å². The van der Waals surface area contributed by atoms with Crippen LogP contribution >= 0.6 is 23.8 Å². The average molecular weight is 416 g/mol. The minimum absolute atomic E-state index is 0.0615. The molecule has 0 aliphatic heterocycles. The Kier molecular flexibility index (Phi) is 7.01. The molecule has 2 aromatic rings. The van der Waals surface area contributed by atoms with Crippen LogP contribution in [0.4, 0.5) is 11.4 Å². The summed E-state index contributed by atoms with van der Waals surface area (Å²) in [4.78, 5) is 24.7. The molecule has 3 rings (SSSR count). The Bertz CT molecular complexity index is 881. The molecule has 2 amide bonds. The number of carbonyl (C=O) groups excluding carboxylic acids is 2. The fraction of sp³-hybridized carbons (Fsp3) is 0.286. The SMILES string of the molecule is O=C(NC(=S)Nc1cccc(NC(=O)C2CCCCC2)c1)c1ccccc1Cl. The van der Waals surface area contributed by atoms with E-state index < -0.39 is 0 Å². The molecule has 1 saturated carbocycles. The van der Waals surface area contributed by atoms with Gasteiger partial charge in [-0.15, -0.1) is 0 Å². The van der Waals surface area contributed by atoms with Crippen molar-refractivity contribution in [1.82, 2.24) is 5.32 Å². The van der Waals surface area contributed by atoms with Crippen LogP contribution in [0.2, 0.25) is 5.02 Å². The number of rotatable bonds is 4. The highest BCUT2D eigenvalue weighted by Gasteiger charge is 2.21. The van der Waals surface area contributed by atoms with Gasteiger partial charge in [-0.2, -0.15) is 0 Å². The first-order valence-electron chi connectivity index (χ1n) is 9.31. The van der Waals surface area contributed by atoms with Gasteiger partial charge in [0.05, 0.1) is 10.6 Å². The summed E-state index contributed by atoms with van der Waals surface area (Å²) in [7, 11) is 0. The van der Waals surface area contributed by atoms with E-state index in [-0.39, 0.29) is 22.8 Å². The quantitative estimate of drug-likeness (QED) is 0.615. The summed E-state index contributed by atoms with van der Waals surface area (Å²) < 4.78 is 0. The lowest BCUT2D eigenvalue weighted by Crippen LogP contribution is -2.34. The Morgan fingerprint density at radius 2 is 1.61 bits per heavy atom. The molecule has 0 spiro atoms. The second kappa shape index (κ2) is 9.66. The van der Waals surface area contributed by atoms with Crippen LogP contribution in [0, 0.1) is 5.92 Å². The van der Waals surface area contributed by atoms with Gasteiger partial charge in [0.15, 0.2) is 5.11 Å². The van der Waals surface area contributed by atoms with Crippen LogP contribution in [0.25, 0.3) is 0 Å². The van der Waals surface area contributed by atoms with Gasteiger partial charge in [0.2, 0.25) is 5.91 Å². The molecular weight excluding hydrogens is 394 g/mol. The van der Waals surface area contributed by atoms with E-state index in [0.717, 1.165) is 25.7 Å². The number of hydrogen-bond donors (Lipinski definition) is 3. The Labute approximate surface area is 174 Å². The van der Waals surface area contributed by atoms with Crippen molar-refractivity contribution in [3.05, 3.63) is 59.1 Å². The van der Waals surface area contributed by atoms with Crippen molar-refractivity contribution in [3.63, 3.8) is 0 Å². The summed E-state index contributed by atoms with van der Waals surface area (Å²) in [5.74, 6) is -0.238. The van der Waals surface area contributed by atoms with Crippen LogP contribution in [0.5, 0.6) is 0 Å². The van der Waals surface area contributed by atoms with E-state index in [4.69, 9.17) is 23.8 Å². The van der Waals surface area contributed by atoms with Crippen LogP contribution in [0.3, 0.4) is 0 Å². The molecule has 0 bridgehead atoms. The van der Waals surface area contributed by atoms with E-state index in [0.29, 0.717) is 22.0 Å². The highest BCUT2D eigenvalue weighted by molar-refractivity contribution is 7.80. The molecule has 0 unspecified atom stereocenters. The molecule has 5 nitrogen and oxygen atoms in total. The fourth-order valence-electron chi connectivity index (χ4n) is 3.26. The van der Waals surface area contributed by atoms with E-state index in [9.17, 15) is 9.59 Å². The van der Waals surface area contributed by atoms with Crippen LogP contribution in [-0.4, -0.2) is 16.9 Å². The minimum atomic E-state index is -0.384. The van der Waals surface area contributed by atoms with Gasteiger partial charge >= 0.3 is 0 Å². The summed E-state index contributed by atoms with van der Waals surface area (Å²) in [6, 6.07) is 14.0. The predicted octanol–water partition coefficient (Wildman–Crippen LogP) is 4.99. The summed E-state index contributed by atoms with van der Waals surface area (Å²) in [5, 5.41) is 9.05. The molecule has 0 heterocycles. The van der Waals surface area contributed by atoms with Crippen LogP contribution < -0.4 is 16.0 Å². The Morgan fingerprint density at radius 1 is 0.929 bits per heavy atom. The summed E-state index contributed by atoms with van der Waals surface area (Å²) in [5.41, 5.74) is 1.72. The summed E-state index contributed by atoms with van der Waals surface area (Å²) >= 11 is 11.2. The van der Waals surface area contributed by atoms with E-state index in [2.05, 4.69) is 16.0 Å². The third-order valence-corrected chi connectivity index (χ3v) is 5.24. The number of benzene rings is 2. The zero-order chi connectivity index (χ0) is 19.9. The third kappa shape index (κ3) is 5.53. The maximum atomic E-state index is 12.4. The number of thiocarbonyl (C=S) groups is 1. The van der Waals surface area contributed by atoms with Gasteiger partial charge in [0.25, 0.3) is 5.91 Å². The van der Waals surface area contributed by atoms with Crippen molar-refractivity contribution >= 4 is 52.1 Å². The number of amides is 2. The average Bonchev–Trinajstić information content (AvgIpc) is 2.69. The van der Waals surface area contributed by atoms with Gasteiger partial charge in [-0.25, -0.2) is 0 Å². The highest BCUT2D eigenvalue weighted by atomic mass is 35.5. The molecule has 1 aliphatic carbocycles. The number of anilines is 2. The van der Waals surface area contributed by atoms with Gasteiger partial charge in [0.1, 0.15) is 0 Å². The molecule has 0 saturated heterocycles. The van der Waals surface area contributed by atoms with Crippen molar-refractivity contribution in [2.75, 3.05) is 10.6 Å². The van der Waals surface area contributed by atoms with Crippen molar-refractivity contribution in [2.24, 2.45) is 5.92 Å². The smallest absolute Gasteiger partial charge is 0.258 e. The number of nitrogens with one attached hydrogen (secondary N) is 3. The molecule has 3 N–H and O–H groups in total. The van der Waals surface area contributed by atoms with Crippen LogP contribution in [0.1, 0.15) is 42.5 Å². The maximum absolute atomic E-state index is 12.4. The second-order valence-corrected chi connectivity index (χ2v) is 7.61. The molecule has 0 atom stereocenters. The molecule has 0 aromatic heterocycles. The first kappa shape index (κ1) is 20.3. The van der Waals surface area contributed by atoms with Gasteiger partial charge in [-0.05, 0) is 55.4 Å². The van der Waals surface area contributed by atoms with Gasteiger partial charge in [0, 0.05) is 17.3 Å². The maximum Gasteiger partial charge on any atom is 0.258 e. The number of hydrogen-bond acceptors (Lipinski definition) is 3. The van der Waals surface area contributed by atoms with E-state index in [1.165, 1.54) is 6.42 Å². The molecule has 28 heavy (non-hydrogen) atoms. The molecular formula is C21H22ClN3O2S. The second-order valence-electron chi connectivity index (χ2n) is 6.79. The van der Waals surface area contributed by atoms with Crippen molar-refractivity contribution < 1.29 is 9.59 Å². The van der Waals surface area contributed by atoms with Crippen molar-refractivity contribution in [2.45, 2.75) is 32.1 Å². The van der Waals surface area contributed by atoms with E-state index >= 15 is 0 Å². The third-order valence-electron chi connectivity index (χ3n) is 4.71. The molecule has 1 aliphatic rings. The van der Waals surface area contributed by atoms with E-state index in [1.54, 1.807) is 30.3 Å². The zero-order valence-corrected chi connectivity index (χ0v) is 16.9. The molecule has 146 valence electrons. The van der Waals surface area contributed by atoms with Gasteiger partial charge in [-0.3, -0.25) is 14.9 Å². The van der Waals surface area contributed by atoms with Gasteiger partial charge in [-0.1, -0.05) is 49.1 Å². The predicted molar refractivity (Wildman–Crippen MR) is 117 cm³/mol. The highest BCUT2D eigenvalue weighted by Crippen LogP contribution is 2.25. The fourth-order valence-corrected chi connectivity index (χ4v) is 3.69. The summed E-state index contributed by atoms with van der Waals surface area (Å²) in [6.45, 7) is 0. The number of carbonyl (C=O) groups is 2. The van der Waals surface area contributed by atoms with Crippen LogP contribution in [0.15, 0.2) is 48.5 Å². The molecule has 1 fully saturated rings. The molecule has 0 radical (unpaired) electrons. The first-order valence-corrected chi connectivity index (χ1v) is 10.1. The topological polar surface area (TPSA) is 70.2 Å². The standard InChI is InChI=1S/C21H22ClN3O2S/c22-18-12-5-4-11-17(18)20(27)25-21(28)24-16-10-6-9-15(13-16)23-19(26)14-7-2-1-3-8-14/h4-6,9-14H,1-3,7-8H2,(H,23,26)(H2,24,25,27,28). The summed E-state index contributed by atoms with van der Waals surface area (Å²) in [6.07, 6.45) is 5.32. The Hall–Kier alpha value is -2.44. The molecule has 7 heteroatoms. The lowest BCUT2D eigenvalue weighted by molar-refractivity contribution is -0.120. The number of halogens is 1.